The van der Waals surface area contributed by atoms with Gasteiger partial charge in [-0.1, -0.05) is 29.8 Å². The van der Waals surface area contributed by atoms with E-state index in [-0.39, 0.29) is 0 Å². The van der Waals surface area contributed by atoms with Crippen LogP contribution < -0.4 is 4.74 Å². The second kappa shape index (κ2) is 4.63. The molecule has 2 aromatic heterocycles. The molecule has 88 valence electrons. The first kappa shape index (κ1) is 11.0. The highest BCUT2D eigenvalue weighted by Gasteiger charge is 2.01. The van der Waals surface area contributed by atoms with Crippen LogP contribution in [0.15, 0.2) is 54.9 Å². The lowest BCUT2D eigenvalue weighted by Crippen LogP contribution is -1.87. The second-order valence-electron chi connectivity index (χ2n) is 3.78. The molecule has 0 saturated carbocycles. The Morgan fingerprint density at radius 1 is 0.944 bits per heavy atom. The Hall–Kier alpha value is -2.13. The summed E-state index contributed by atoms with van der Waals surface area (Å²) in [6.45, 7) is 0. The van der Waals surface area contributed by atoms with E-state index in [4.69, 9.17) is 16.3 Å². The number of nitrogens with zero attached hydrogens (tertiary/aromatic N) is 2. The van der Waals surface area contributed by atoms with Crippen LogP contribution in [0.4, 0.5) is 0 Å². The van der Waals surface area contributed by atoms with Crippen LogP contribution in [0.3, 0.4) is 0 Å². The van der Waals surface area contributed by atoms with Gasteiger partial charge in [-0.15, -0.1) is 0 Å². The van der Waals surface area contributed by atoms with Gasteiger partial charge in [0.05, 0.1) is 11.7 Å². The lowest BCUT2D eigenvalue weighted by atomic mass is 10.2. The Morgan fingerprint density at radius 3 is 2.72 bits per heavy atom. The van der Waals surface area contributed by atoms with Crippen LogP contribution >= 0.6 is 11.6 Å². The van der Waals surface area contributed by atoms with Crippen LogP contribution in [0.25, 0.3) is 10.9 Å². The number of ether oxygens (including phenoxy) is 1. The molecule has 3 nitrogen and oxygen atoms in total. The van der Waals surface area contributed by atoms with Gasteiger partial charge >= 0.3 is 0 Å². The van der Waals surface area contributed by atoms with E-state index < -0.39 is 0 Å². The fraction of sp³-hybridized carbons (Fsp3) is 0. The highest BCUT2D eigenvalue weighted by molar-refractivity contribution is 6.29. The Balaban J connectivity index is 1.95. The average Bonchev–Trinajstić information content (AvgIpc) is 2.39. The van der Waals surface area contributed by atoms with Crippen molar-refractivity contribution in [3.8, 4) is 11.5 Å². The monoisotopic (exact) mass is 256 g/mol. The molecule has 0 aliphatic heterocycles. The van der Waals surface area contributed by atoms with Crippen molar-refractivity contribution in [2.75, 3.05) is 0 Å². The molecule has 0 fully saturated rings. The number of halogens is 1. The molecule has 0 unspecified atom stereocenters. The third kappa shape index (κ3) is 2.26. The fourth-order valence-corrected chi connectivity index (χ4v) is 1.85. The first-order chi connectivity index (χ1) is 8.81. The van der Waals surface area contributed by atoms with E-state index in [9.17, 15) is 0 Å². The second-order valence-corrected chi connectivity index (χ2v) is 4.17. The summed E-state index contributed by atoms with van der Waals surface area (Å²) in [5.74, 6) is 1.32. The van der Waals surface area contributed by atoms with Gasteiger partial charge in [-0.25, -0.2) is 4.98 Å². The van der Waals surface area contributed by atoms with Gasteiger partial charge in [0.25, 0.3) is 0 Å². The van der Waals surface area contributed by atoms with Gasteiger partial charge < -0.3 is 4.74 Å². The standard InChI is InChI=1S/C14H9ClN2O/c15-14-8-11(5-6-16-14)18-12-7-10-3-1-2-4-13(10)17-9-12/h1-9H. The summed E-state index contributed by atoms with van der Waals surface area (Å²) in [4.78, 5) is 8.23. The SMILES string of the molecule is Clc1cc(Oc2cnc3ccccc3c2)ccn1. The highest BCUT2D eigenvalue weighted by atomic mass is 35.5. The van der Waals surface area contributed by atoms with Crippen molar-refractivity contribution >= 4 is 22.5 Å². The number of para-hydroxylation sites is 1. The van der Waals surface area contributed by atoms with E-state index in [1.54, 1.807) is 24.5 Å². The first-order valence-corrected chi connectivity index (χ1v) is 5.83. The fourth-order valence-electron chi connectivity index (χ4n) is 1.69. The van der Waals surface area contributed by atoms with E-state index in [1.165, 1.54) is 0 Å². The summed E-state index contributed by atoms with van der Waals surface area (Å²) in [5, 5.41) is 1.44. The zero-order valence-corrected chi connectivity index (χ0v) is 10.1. The molecule has 0 atom stereocenters. The van der Waals surface area contributed by atoms with Gasteiger partial charge in [0.15, 0.2) is 0 Å². The summed E-state index contributed by atoms with van der Waals surface area (Å²) in [5.41, 5.74) is 0.942. The minimum atomic E-state index is 0.404. The predicted molar refractivity (Wildman–Crippen MR) is 71.1 cm³/mol. The van der Waals surface area contributed by atoms with E-state index in [2.05, 4.69) is 9.97 Å². The summed E-state index contributed by atoms with van der Waals surface area (Å²) in [6, 6.07) is 13.2. The Bertz CT molecular complexity index is 700. The molecule has 3 rings (SSSR count). The minimum Gasteiger partial charge on any atom is -0.456 e. The number of rotatable bonds is 2. The van der Waals surface area contributed by atoms with Gasteiger partial charge in [-0.2, -0.15) is 0 Å². The van der Waals surface area contributed by atoms with E-state index in [0.717, 1.165) is 10.9 Å². The Labute approximate surface area is 109 Å². The van der Waals surface area contributed by atoms with Gasteiger partial charge in [0.2, 0.25) is 0 Å². The molecule has 0 saturated heterocycles. The van der Waals surface area contributed by atoms with Crippen molar-refractivity contribution < 1.29 is 4.74 Å². The number of benzene rings is 1. The lowest BCUT2D eigenvalue weighted by molar-refractivity contribution is 0.480. The van der Waals surface area contributed by atoms with E-state index in [0.29, 0.717) is 16.7 Å². The topological polar surface area (TPSA) is 35.0 Å². The quantitative estimate of drug-likeness (QED) is 0.648. The first-order valence-electron chi connectivity index (χ1n) is 5.45. The summed E-state index contributed by atoms with van der Waals surface area (Å²) in [6.07, 6.45) is 3.29. The number of hydrogen-bond donors (Lipinski definition) is 0. The molecule has 0 aliphatic carbocycles. The van der Waals surface area contributed by atoms with Crippen molar-refractivity contribution in [2.24, 2.45) is 0 Å². The Morgan fingerprint density at radius 2 is 1.83 bits per heavy atom. The zero-order valence-electron chi connectivity index (χ0n) is 9.38. The summed E-state index contributed by atoms with van der Waals surface area (Å²) >= 11 is 5.80. The lowest BCUT2D eigenvalue weighted by Gasteiger charge is -2.06. The largest absolute Gasteiger partial charge is 0.456 e. The molecule has 0 aliphatic rings. The Kier molecular flexibility index (Phi) is 2.82. The molecule has 3 aromatic rings. The van der Waals surface area contributed by atoms with Crippen molar-refractivity contribution in [3.63, 3.8) is 0 Å². The smallest absolute Gasteiger partial charge is 0.146 e. The number of fused-ring (bicyclic) bond motifs is 1. The number of aromatic nitrogens is 2. The highest BCUT2D eigenvalue weighted by Crippen LogP contribution is 2.24. The summed E-state index contributed by atoms with van der Waals surface area (Å²) in [7, 11) is 0. The van der Waals surface area contributed by atoms with E-state index >= 15 is 0 Å². The molecule has 4 heteroatoms. The van der Waals surface area contributed by atoms with Crippen LogP contribution in [-0.4, -0.2) is 9.97 Å². The number of pyridine rings is 2. The molecule has 18 heavy (non-hydrogen) atoms. The minimum absolute atomic E-state index is 0.404. The van der Waals surface area contributed by atoms with Crippen LogP contribution in [-0.2, 0) is 0 Å². The van der Waals surface area contributed by atoms with Gasteiger partial charge in [0.1, 0.15) is 16.7 Å². The van der Waals surface area contributed by atoms with Gasteiger partial charge in [0, 0.05) is 17.6 Å². The van der Waals surface area contributed by atoms with Crippen LogP contribution in [0.2, 0.25) is 5.15 Å². The third-order valence-electron chi connectivity index (χ3n) is 2.50. The van der Waals surface area contributed by atoms with Crippen molar-refractivity contribution in [1.82, 2.24) is 9.97 Å². The molecule has 0 amide bonds. The van der Waals surface area contributed by atoms with Crippen molar-refractivity contribution in [2.45, 2.75) is 0 Å². The zero-order chi connectivity index (χ0) is 12.4. The van der Waals surface area contributed by atoms with Gasteiger partial charge in [-0.3, -0.25) is 4.98 Å². The molecule has 0 spiro atoms. The maximum atomic E-state index is 5.80. The maximum absolute atomic E-state index is 5.80. The van der Waals surface area contributed by atoms with Crippen LogP contribution in [0.5, 0.6) is 11.5 Å². The molecule has 1 aromatic carbocycles. The average molecular weight is 257 g/mol. The number of hydrogen-bond acceptors (Lipinski definition) is 3. The molecule has 0 bridgehead atoms. The van der Waals surface area contributed by atoms with Gasteiger partial charge in [-0.05, 0) is 18.2 Å². The predicted octanol–water partition coefficient (Wildman–Crippen LogP) is 4.08. The molecule has 0 radical (unpaired) electrons. The normalized spacial score (nSPS) is 10.5. The molecule has 0 N–H and O–H groups in total. The van der Waals surface area contributed by atoms with Crippen molar-refractivity contribution in [3.05, 3.63) is 60.0 Å². The maximum Gasteiger partial charge on any atom is 0.146 e. The summed E-state index contributed by atoms with van der Waals surface area (Å²) < 4.78 is 5.68. The van der Waals surface area contributed by atoms with E-state index in [1.807, 2.05) is 30.3 Å². The van der Waals surface area contributed by atoms with Crippen LogP contribution in [0, 0.1) is 0 Å². The molecule has 2 heterocycles. The molecular formula is C14H9ClN2O. The van der Waals surface area contributed by atoms with Crippen LogP contribution in [0.1, 0.15) is 0 Å². The molecular weight excluding hydrogens is 248 g/mol. The third-order valence-corrected chi connectivity index (χ3v) is 2.71. The van der Waals surface area contributed by atoms with Crippen molar-refractivity contribution in [1.29, 1.82) is 0 Å².